The maximum Gasteiger partial charge on any atom is 0.308 e. The van der Waals surface area contributed by atoms with E-state index in [9.17, 15) is 9.59 Å². The number of esters is 1. The Morgan fingerprint density at radius 3 is 2.77 bits per heavy atom. The van der Waals surface area contributed by atoms with Crippen molar-refractivity contribution < 1.29 is 14.3 Å². The van der Waals surface area contributed by atoms with Crippen LogP contribution in [0.25, 0.3) is 0 Å². The predicted octanol–water partition coefficient (Wildman–Crippen LogP) is 3.69. The summed E-state index contributed by atoms with van der Waals surface area (Å²) in [6.07, 6.45) is 3.43. The lowest BCUT2D eigenvalue weighted by Gasteiger charge is -2.19. The molecule has 9 nitrogen and oxygen atoms in total. The first-order valence-electron chi connectivity index (χ1n) is 11.4. The molecule has 35 heavy (non-hydrogen) atoms. The molecule has 0 radical (unpaired) electrons. The van der Waals surface area contributed by atoms with Gasteiger partial charge >= 0.3 is 5.97 Å². The molecule has 0 saturated heterocycles. The van der Waals surface area contributed by atoms with Gasteiger partial charge in [0, 0.05) is 35.2 Å². The Kier molecular flexibility index (Phi) is 9.86. The van der Waals surface area contributed by atoms with E-state index in [1.807, 2.05) is 6.07 Å². The van der Waals surface area contributed by atoms with Gasteiger partial charge in [0.25, 0.3) is 5.91 Å². The Hall–Kier alpha value is -3.17. The number of carbonyl (C=O) groups is 2. The van der Waals surface area contributed by atoms with Crippen molar-refractivity contribution in [2.45, 2.75) is 38.6 Å². The third-order valence-corrected chi connectivity index (χ3v) is 5.72. The van der Waals surface area contributed by atoms with Gasteiger partial charge in [-0.05, 0) is 55.2 Å². The van der Waals surface area contributed by atoms with Crippen molar-refractivity contribution in [3.05, 3.63) is 57.2 Å². The Morgan fingerprint density at radius 2 is 2.06 bits per heavy atom. The summed E-state index contributed by atoms with van der Waals surface area (Å²) in [6.45, 7) is 3.25. The van der Waals surface area contributed by atoms with Crippen LogP contribution in [0.1, 0.15) is 42.6 Å². The van der Waals surface area contributed by atoms with Crippen molar-refractivity contribution in [2.75, 3.05) is 25.0 Å². The number of ether oxygens (including phenoxy) is 1. The van der Waals surface area contributed by atoms with E-state index >= 15 is 0 Å². The first-order chi connectivity index (χ1) is 16.9. The van der Waals surface area contributed by atoms with Gasteiger partial charge in [-0.2, -0.15) is 5.10 Å². The molecule has 1 aliphatic rings. The highest BCUT2D eigenvalue weighted by molar-refractivity contribution is 6.60. The van der Waals surface area contributed by atoms with Crippen molar-refractivity contribution >= 4 is 52.8 Å². The number of nitrogens with one attached hydrogen (secondary N) is 4. The minimum Gasteiger partial charge on any atom is -0.466 e. The van der Waals surface area contributed by atoms with Gasteiger partial charge in [-0.15, -0.1) is 0 Å². The number of halogens is 2. The van der Waals surface area contributed by atoms with Crippen molar-refractivity contribution in [1.82, 2.24) is 15.7 Å². The van der Waals surface area contributed by atoms with Crippen LogP contribution in [0.3, 0.4) is 0 Å². The fourth-order valence-corrected chi connectivity index (χ4v) is 4.17. The highest BCUT2D eigenvalue weighted by atomic mass is 35.5. The first kappa shape index (κ1) is 26.4. The topological polar surface area (TPSA) is 129 Å². The Morgan fingerprint density at radius 1 is 1.29 bits per heavy atom. The molecular weight excluding hydrogens is 491 g/mol. The summed E-state index contributed by atoms with van der Waals surface area (Å²) in [5.74, 6) is -0.202. The second-order valence-electron chi connectivity index (χ2n) is 7.88. The molecular formula is C24H28Cl2N6O3. The largest absolute Gasteiger partial charge is 0.466 e. The number of hydrazone groups is 1. The molecule has 3 rings (SSSR count). The maximum atomic E-state index is 12.8. The molecule has 186 valence electrons. The maximum absolute atomic E-state index is 12.8. The van der Waals surface area contributed by atoms with E-state index in [1.54, 1.807) is 25.1 Å². The lowest BCUT2D eigenvalue weighted by molar-refractivity contribution is -0.143. The number of benzene rings is 1. The van der Waals surface area contributed by atoms with Crippen LogP contribution in [0, 0.1) is 5.41 Å². The van der Waals surface area contributed by atoms with E-state index in [0.717, 1.165) is 37.1 Å². The smallest absolute Gasteiger partial charge is 0.308 e. The van der Waals surface area contributed by atoms with E-state index < -0.39 is 17.9 Å². The highest BCUT2D eigenvalue weighted by Crippen LogP contribution is 2.26. The summed E-state index contributed by atoms with van der Waals surface area (Å²) in [7, 11) is 0. The number of amides is 1. The van der Waals surface area contributed by atoms with Crippen LogP contribution in [0.4, 0.5) is 5.82 Å². The van der Waals surface area contributed by atoms with E-state index in [1.165, 1.54) is 5.56 Å². The van der Waals surface area contributed by atoms with Crippen LogP contribution < -0.4 is 16.1 Å². The summed E-state index contributed by atoms with van der Waals surface area (Å²) in [5, 5.41) is 18.4. The number of anilines is 1. The average molecular weight is 519 g/mol. The fourth-order valence-electron chi connectivity index (χ4n) is 3.63. The highest BCUT2D eigenvalue weighted by Gasteiger charge is 2.22. The molecule has 4 N–H and O–H groups in total. The van der Waals surface area contributed by atoms with Crippen molar-refractivity contribution in [2.24, 2.45) is 5.10 Å². The molecule has 2 aromatic rings. The number of aromatic nitrogens is 1. The molecule has 1 amide bonds. The van der Waals surface area contributed by atoms with Crippen molar-refractivity contribution in [1.29, 1.82) is 5.41 Å². The third kappa shape index (κ3) is 7.93. The van der Waals surface area contributed by atoms with E-state index in [0.29, 0.717) is 28.6 Å². The molecule has 2 heterocycles. The number of hydrogen-bond donors (Lipinski definition) is 4. The molecule has 1 aliphatic heterocycles. The molecule has 0 aliphatic carbocycles. The van der Waals surface area contributed by atoms with E-state index in [-0.39, 0.29) is 18.7 Å². The van der Waals surface area contributed by atoms with Gasteiger partial charge in [-0.25, -0.2) is 4.98 Å². The molecule has 1 aromatic carbocycles. The SMILES string of the molecule is CCOC(=O)C[C@H](NC(=O)/C(C=N)=N/NCCc1ccc2c(n1)NCCC2)c1cc(Cl)cc(Cl)c1. The normalized spacial score (nSPS) is 13.7. The number of carbonyl (C=O) groups excluding carboxylic acids is 2. The van der Waals surface area contributed by atoms with Crippen LogP contribution in [-0.2, 0) is 27.2 Å². The van der Waals surface area contributed by atoms with Gasteiger partial charge in [-0.3, -0.25) is 9.59 Å². The van der Waals surface area contributed by atoms with Crippen LogP contribution in [-0.4, -0.2) is 48.5 Å². The van der Waals surface area contributed by atoms with Crippen LogP contribution in [0.2, 0.25) is 10.0 Å². The third-order valence-electron chi connectivity index (χ3n) is 5.28. The first-order valence-corrected chi connectivity index (χ1v) is 12.1. The number of pyridine rings is 1. The van der Waals surface area contributed by atoms with Gasteiger partial charge in [-0.1, -0.05) is 29.3 Å². The Labute approximate surface area is 214 Å². The van der Waals surface area contributed by atoms with Crippen LogP contribution >= 0.6 is 23.2 Å². The molecule has 0 spiro atoms. The summed E-state index contributed by atoms with van der Waals surface area (Å²) in [5.41, 5.74) is 5.32. The molecule has 0 fully saturated rings. The monoisotopic (exact) mass is 518 g/mol. The van der Waals surface area contributed by atoms with Crippen LogP contribution in [0.5, 0.6) is 0 Å². The number of fused-ring (bicyclic) bond motifs is 1. The van der Waals surface area contributed by atoms with E-state index in [2.05, 4.69) is 32.2 Å². The second kappa shape index (κ2) is 13.1. The molecule has 1 atom stereocenters. The Balaban J connectivity index is 1.63. The summed E-state index contributed by atoms with van der Waals surface area (Å²) >= 11 is 12.2. The molecule has 0 bridgehead atoms. The molecule has 0 unspecified atom stereocenters. The van der Waals surface area contributed by atoms with Gasteiger partial charge in [0.1, 0.15) is 5.82 Å². The van der Waals surface area contributed by atoms with Gasteiger partial charge in [0.15, 0.2) is 5.71 Å². The number of aryl methyl sites for hydroxylation is 1. The standard InChI is InChI=1S/C24H28Cl2N6O3/c1-2-35-22(33)13-20(16-10-17(25)12-18(26)11-16)31-24(34)21(14-27)32-29-9-7-19-6-5-15-4-3-8-28-23(15)30-19/h5-6,10-12,14,20,27,29H,2-4,7-9,13H2,1H3,(H,28,30)(H,31,34)/b27-14?,32-21+/t20-/m0/s1. The van der Waals surface area contributed by atoms with Gasteiger partial charge in [0.05, 0.1) is 25.3 Å². The zero-order valence-corrected chi connectivity index (χ0v) is 20.9. The summed E-state index contributed by atoms with van der Waals surface area (Å²) in [6, 6.07) is 8.06. The Bertz CT molecular complexity index is 1090. The fraction of sp³-hybridized carbons (Fsp3) is 0.375. The summed E-state index contributed by atoms with van der Waals surface area (Å²) in [4.78, 5) is 29.6. The van der Waals surface area contributed by atoms with E-state index in [4.69, 9.17) is 33.3 Å². The van der Waals surface area contributed by atoms with Gasteiger partial charge < -0.3 is 26.2 Å². The van der Waals surface area contributed by atoms with Crippen LogP contribution in [0.15, 0.2) is 35.4 Å². The second-order valence-corrected chi connectivity index (χ2v) is 8.75. The number of rotatable bonds is 11. The lowest BCUT2D eigenvalue weighted by atomic mass is 10.0. The predicted molar refractivity (Wildman–Crippen MR) is 138 cm³/mol. The average Bonchev–Trinajstić information content (AvgIpc) is 2.83. The van der Waals surface area contributed by atoms with Crippen molar-refractivity contribution in [3.63, 3.8) is 0 Å². The minimum absolute atomic E-state index is 0.132. The molecule has 1 aromatic heterocycles. The quantitative estimate of drug-likeness (QED) is 0.155. The lowest BCUT2D eigenvalue weighted by Crippen LogP contribution is -2.37. The van der Waals surface area contributed by atoms with Gasteiger partial charge in [0.2, 0.25) is 0 Å². The molecule has 11 heteroatoms. The number of hydrogen-bond acceptors (Lipinski definition) is 8. The van der Waals surface area contributed by atoms with Crippen molar-refractivity contribution in [3.8, 4) is 0 Å². The molecule has 0 saturated carbocycles. The number of nitrogens with zero attached hydrogens (tertiary/aromatic N) is 2. The summed E-state index contributed by atoms with van der Waals surface area (Å²) < 4.78 is 5.02. The zero-order chi connectivity index (χ0) is 25.2. The minimum atomic E-state index is -0.768. The zero-order valence-electron chi connectivity index (χ0n) is 19.4.